The molecule has 0 radical (unpaired) electrons. The Balaban J connectivity index is 0.00000104. The molecule has 1 saturated carbocycles. The number of rotatable bonds is 3. The molecule has 1 N–H and O–H groups in total. The lowest BCUT2D eigenvalue weighted by Crippen LogP contribution is -2.35. The SMILES string of the molecule is C=C.C=O.CC.CC.CCC(F)(F)F.CNC1[C@@H]2CC[C@H]1Cc1ccc(-c3cn(-c4ccc(C)c(F)c4)cn3)cc1C2. The van der Waals surface area contributed by atoms with Crippen molar-refractivity contribution in [3.8, 4) is 16.9 Å². The summed E-state index contributed by atoms with van der Waals surface area (Å²) in [6.07, 6.45) is 4.06. The van der Waals surface area contributed by atoms with E-state index in [4.69, 9.17) is 4.79 Å². The van der Waals surface area contributed by atoms with Crippen molar-refractivity contribution in [3.05, 3.63) is 84.6 Å². The zero-order valence-corrected chi connectivity index (χ0v) is 26.3. The van der Waals surface area contributed by atoms with Gasteiger partial charge in [0.1, 0.15) is 12.6 Å². The van der Waals surface area contributed by atoms with E-state index in [1.165, 1.54) is 30.4 Å². The number of imidazole rings is 1. The van der Waals surface area contributed by atoms with Gasteiger partial charge in [-0.3, -0.25) is 0 Å². The average Bonchev–Trinajstić information content (AvgIpc) is 3.62. The highest BCUT2D eigenvalue weighted by Gasteiger charge is 2.38. The van der Waals surface area contributed by atoms with Crippen LogP contribution in [0.1, 0.15) is 70.6 Å². The highest BCUT2D eigenvalue weighted by Crippen LogP contribution is 2.40. The van der Waals surface area contributed by atoms with Gasteiger partial charge in [-0.05, 0) is 86.4 Å². The van der Waals surface area contributed by atoms with E-state index in [1.54, 1.807) is 25.4 Å². The molecule has 8 heteroatoms. The van der Waals surface area contributed by atoms with E-state index in [0.29, 0.717) is 11.6 Å². The van der Waals surface area contributed by atoms with Crippen LogP contribution in [0.5, 0.6) is 0 Å². The second-order valence-electron chi connectivity index (χ2n) is 9.37. The normalized spacial score (nSPS) is 17.8. The molecule has 1 fully saturated rings. The van der Waals surface area contributed by atoms with Crippen LogP contribution in [0.15, 0.2) is 62.1 Å². The molecule has 3 atom stereocenters. The monoisotopic (exact) mass is 591 g/mol. The molecule has 2 aliphatic rings. The van der Waals surface area contributed by atoms with Crippen LogP contribution in [-0.4, -0.2) is 35.6 Å². The lowest BCUT2D eigenvalue weighted by molar-refractivity contribution is -0.130. The number of hydrogen-bond acceptors (Lipinski definition) is 3. The maximum Gasteiger partial charge on any atom is 0.388 e. The lowest BCUT2D eigenvalue weighted by atomic mass is 9.91. The highest BCUT2D eigenvalue weighted by molar-refractivity contribution is 5.61. The molecule has 0 saturated heterocycles. The van der Waals surface area contributed by atoms with Gasteiger partial charge < -0.3 is 14.7 Å². The molecule has 0 amide bonds. The molecular weight excluding hydrogens is 542 g/mol. The van der Waals surface area contributed by atoms with E-state index in [9.17, 15) is 17.6 Å². The van der Waals surface area contributed by atoms with Crippen LogP contribution in [0.2, 0.25) is 0 Å². The minimum Gasteiger partial charge on any atom is -0.316 e. The van der Waals surface area contributed by atoms with Crippen molar-refractivity contribution < 1.29 is 22.4 Å². The summed E-state index contributed by atoms with van der Waals surface area (Å²) in [6, 6.07) is 12.7. The number of aryl methyl sites for hydroxylation is 1. The number of benzene rings is 2. The van der Waals surface area contributed by atoms with Gasteiger partial charge in [-0.1, -0.05) is 52.8 Å². The topological polar surface area (TPSA) is 46.9 Å². The van der Waals surface area contributed by atoms with Crippen molar-refractivity contribution in [2.45, 2.75) is 85.9 Å². The number of halogens is 4. The first-order chi connectivity index (χ1) is 20.2. The van der Waals surface area contributed by atoms with Gasteiger partial charge in [0, 0.05) is 29.9 Å². The van der Waals surface area contributed by atoms with Crippen LogP contribution in [0.3, 0.4) is 0 Å². The Morgan fingerprint density at radius 1 is 0.952 bits per heavy atom. The first-order valence-electron chi connectivity index (χ1n) is 14.6. The number of hydrogen-bond donors (Lipinski definition) is 1. The first kappa shape index (κ1) is 38.7. The zero-order chi connectivity index (χ0) is 32.5. The van der Waals surface area contributed by atoms with Crippen LogP contribution in [0.4, 0.5) is 17.6 Å². The molecule has 0 spiro atoms. The van der Waals surface area contributed by atoms with E-state index in [0.717, 1.165) is 42.1 Å². The fourth-order valence-electron chi connectivity index (χ4n) is 5.20. The van der Waals surface area contributed by atoms with E-state index < -0.39 is 12.6 Å². The predicted molar refractivity (Wildman–Crippen MR) is 168 cm³/mol. The summed E-state index contributed by atoms with van der Waals surface area (Å²) in [4.78, 5) is 12.6. The minimum absolute atomic E-state index is 0.188. The fraction of sp³-hybridized carbons (Fsp3) is 0.471. The van der Waals surface area contributed by atoms with Gasteiger partial charge >= 0.3 is 6.18 Å². The Morgan fingerprint density at radius 3 is 2.00 bits per heavy atom. The Morgan fingerprint density at radius 2 is 1.50 bits per heavy atom. The largest absolute Gasteiger partial charge is 0.388 e. The maximum atomic E-state index is 13.9. The maximum absolute atomic E-state index is 13.9. The molecule has 2 bridgehead atoms. The summed E-state index contributed by atoms with van der Waals surface area (Å²) in [5, 5.41) is 3.57. The van der Waals surface area contributed by atoms with Crippen molar-refractivity contribution in [1.82, 2.24) is 14.9 Å². The van der Waals surface area contributed by atoms with Gasteiger partial charge in [-0.15, -0.1) is 13.2 Å². The lowest BCUT2D eigenvalue weighted by Gasteiger charge is -2.21. The van der Waals surface area contributed by atoms with E-state index in [1.807, 2.05) is 51.3 Å². The van der Waals surface area contributed by atoms with Gasteiger partial charge in [0.25, 0.3) is 0 Å². The number of nitrogens with zero attached hydrogens (tertiary/aromatic N) is 2. The van der Waals surface area contributed by atoms with Crippen LogP contribution in [0, 0.1) is 24.6 Å². The van der Waals surface area contributed by atoms with Crippen LogP contribution >= 0.6 is 0 Å². The van der Waals surface area contributed by atoms with Crippen molar-refractivity contribution in [1.29, 1.82) is 0 Å². The Labute approximate surface area is 250 Å². The first-order valence-corrected chi connectivity index (χ1v) is 14.6. The molecule has 42 heavy (non-hydrogen) atoms. The molecule has 2 aromatic carbocycles. The highest BCUT2D eigenvalue weighted by atomic mass is 19.4. The summed E-state index contributed by atoms with van der Waals surface area (Å²) in [7, 11) is 2.11. The zero-order valence-electron chi connectivity index (χ0n) is 26.3. The summed E-state index contributed by atoms with van der Waals surface area (Å²) >= 11 is 0. The smallest absolute Gasteiger partial charge is 0.316 e. The number of alkyl halides is 3. The van der Waals surface area contributed by atoms with E-state index in [-0.39, 0.29) is 5.82 Å². The van der Waals surface area contributed by atoms with Crippen molar-refractivity contribution >= 4 is 6.79 Å². The van der Waals surface area contributed by atoms with Gasteiger partial charge in [-0.25, -0.2) is 9.37 Å². The summed E-state index contributed by atoms with van der Waals surface area (Å²) in [5.74, 6) is 1.31. The van der Waals surface area contributed by atoms with Gasteiger partial charge in [0.15, 0.2) is 0 Å². The van der Waals surface area contributed by atoms with Crippen molar-refractivity contribution in [3.63, 3.8) is 0 Å². The van der Waals surface area contributed by atoms with E-state index in [2.05, 4.69) is 48.7 Å². The average molecular weight is 592 g/mol. The molecule has 1 aromatic heterocycles. The summed E-state index contributed by atoms with van der Waals surface area (Å²) in [5.41, 5.74) is 6.50. The number of fused-ring (bicyclic) bond motifs is 3. The number of aromatic nitrogens is 2. The molecule has 2 aliphatic carbocycles. The van der Waals surface area contributed by atoms with Crippen LogP contribution < -0.4 is 5.32 Å². The number of carbonyl (C=O) groups is 1. The fourth-order valence-corrected chi connectivity index (χ4v) is 5.20. The molecule has 3 aromatic rings. The standard InChI is InChI=1S/C24H26FN3.C3H5F3.2C2H6.C2H4.CH2O/c1-15-3-8-21(12-22(15)25)28-13-23(27-14-28)17-5-4-16-9-18-6-7-19(24(18)26-2)11-20(16)10-17;1-2-3(4,5)6;4*1-2/h3-5,8,10,12-14,18-19,24,26H,6-7,9,11H2,1-2H3;2H2,1H3;2*1-2H3;1-2H2;1H2/t18-,19+,24?;;;;;/m0...../s1. The second-order valence-corrected chi connectivity index (χ2v) is 9.37. The summed E-state index contributed by atoms with van der Waals surface area (Å²) in [6.45, 7) is 18.9. The Hall–Kier alpha value is -3.26. The predicted octanol–water partition coefficient (Wildman–Crippen LogP) is 9.33. The molecule has 234 valence electrons. The molecule has 1 heterocycles. The van der Waals surface area contributed by atoms with Crippen LogP contribution in [-0.2, 0) is 17.6 Å². The number of carbonyl (C=O) groups excluding carboxylic acids is 1. The van der Waals surface area contributed by atoms with Crippen LogP contribution in [0.25, 0.3) is 16.9 Å². The molecule has 1 unspecified atom stereocenters. The van der Waals surface area contributed by atoms with Crippen molar-refractivity contribution in [2.24, 2.45) is 11.8 Å². The van der Waals surface area contributed by atoms with E-state index >= 15 is 0 Å². The minimum atomic E-state index is -3.96. The third kappa shape index (κ3) is 10.9. The quantitative estimate of drug-likeness (QED) is 0.244. The second kappa shape index (κ2) is 19.8. The van der Waals surface area contributed by atoms with Gasteiger partial charge in [-0.2, -0.15) is 13.2 Å². The Bertz CT molecular complexity index is 1170. The third-order valence-corrected chi connectivity index (χ3v) is 7.16. The van der Waals surface area contributed by atoms with Crippen molar-refractivity contribution in [2.75, 3.05) is 7.05 Å². The molecule has 4 nitrogen and oxygen atoms in total. The summed E-state index contributed by atoms with van der Waals surface area (Å²) < 4.78 is 48.2. The molecule has 0 aliphatic heterocycles. The molecule has 5 rings (SSSR count). The third-order valence-electron chi connectivity index (χ3n) is 7.16. The number of nitrogens with one attached hydrogen (secondary N) is 1. The molecular formula is C34H49F4N3O. The van der Waals surface area contributed by atoms with Gasteiger partial charge in [0.05, 0.1) is 12.0 Å². The van der Waals surface area contributed by atoms with Gasteiger partial charge in [0.2, 0.25) is 0 Å². The Kier molecular flexibility index (Phi) is 18.3.